The fourth-order valence-corrected chi connectivity index (χ4v) is 0.775. The summed E-state index contributed by atoms with van der Waals surface area (Å²) in [5.41, 5.74) is 5.24. The first-order valence-electron chi connectivity index (χ1n) is 3.71. The molecule has 0 aromatic rings. The minimum Gasteiger partial charge on any atom is -0.392 e. The fraction of sp³-hybridized carbons (Fsp3) is 0.857. The van der Waals surface area contributed by atoms with Crippen LogP contribution in [-0.2, 0) is 4.79 Å². The van der Waals surface area contributed by atoms with Gasteiger partial charge in [-0.2, -0.15) is 0 Å². The Morgan fingerprint density at radius 1 is 1.73 bits per heavy atom. The van der Waals surface area contributed by atoms with Gasteiger partial charge in [-0.3, -0.25) is 4.79 Å². The Kier molecular flexibility index (Phi) is 5.78. The molecule has 0 aliphatic rings. The highest BCUT2D eigenvalue weighted by Gasteiger charge is 2.04. The maximum absolute atomic E-state index is 10.2. The lowest BCUT2D eigenvalue weighted by atomic mass is 10.3. The van der Waals surface area contributed by atoms with Gasteiger partial charge >= 0.3 is 6.41 Å². The van der Waals surface area contributed by atoms with E-state index in [1.54, 1.807) is 13.3 Å². The molecule has 0 aromatic carbocycles. The van der Waals surface area contributed by atoms with E-state index < -0.39 is 6.10 Å². The number of amides is 1. The highest BCUT2D eigenvalue weighted by molar-refractivity contribution is 5.47. The molecule has 1 unspecified atom stereocenters. The molecule has 65 valence electrons. The monoisotopic (exact) mass is 159 g/mol. The fourth-order valence-electron chi connectivity index (χ4n) is 0.775. The van der Waals surface area contributed by atoms with Crippen LogP contribution in [-0.4, -0.2) is 42.2 Å². The number of hydrogen-bond donors (Lipinski definition) is 2. The molecule has 0 saturated heterocycles. The zero-order valence-electron chi connectivity index (χ0n) is 6.79. The molecule has 0 aromatic heterocycles. The predicted molar refractivity (Wildman–Crippen MR) is 42.6 cm³/mol. The van der Waals surface area contributed by atoms with Crippen LogP contribution in [0.25, 0.3) is 0 Å². The third kappa shape index (κ3) is 5.82. The molecular weight excluding hydrogens is 144 g/mol. The van der Waals surface area contributed by atoms with Crippen molar-refractivity contribution in [3.05, 3.63) is 0 Å². The standard InChI is InChI=1S/C7H15N2O2/c1-7(11)5-9(6-10)4-2-3-8/h7,11H,2-5,8H2,1H3. The molecule has 0 spiro atoms. The van der Waals surface area contributed by atoms with Gasteiger partial charge in [0.2, 0.25) is 0 Å². The predicted octanol–water partition coefficient (Wildman–Crippen LogP) is -0.915. The Balaban J connectivity index is 3.49. The topological polar surface area (TPSA) is 66.6 Å². The first kappa shape index (κ1) is 10.4. The van der Waals surface area contributed by atoms with Crippen molar-refractivity contribution in [1.29, 1.82) is 0 Å². The molecular formula is C7H15N2O2. The number of aliphatic hydroxyl groups excluding tert-OH is 1. The molecule has 0 bridgehead atoms. The summed E-state index contributed by atoms with van der Waals surface area (Å²) in [5, 5.41) is 8.90. The summed E-state index contributed by atoms with van der Waals surface area (Å²) < 4.78 is 0. The van der Waals surface area contributed by atoms with E-state index in [1.165, 1.54) is 4.90 Å². The number of aliphatic hydroxyl groups is 1. The van der Waals surface area contributed by atoms with Crippen molar-refractivity contribution in [2.45, 2.75) is 19.4 Å². The van der Waals surface area contributed by atoms with Crippen LogP contribution >= 0.6 is 0 Å². The second-order valence-electron chi connectivity index (χ2n) is 2.53. The molecule has 1 radical (unpaired) electrons. The third-order valence-corrected chi connectivity index (χ3v) is 1.25. The number of nitrogens with two attached hydrogens (primary N) is 1. The zero-order valence-corrected chi connectivity index (χ0v) is 6.79. The smallest absolute Gasteiger partial charge is 0.312 e. The SMILES string of the molecule is CC(O)CN([C]=O)CCCN. The van der Waals surface area contributed by atoms with Gasteiger partial charge in [-0.05, 0) is 19.9 Å². The van der Waals surface area contributed by atoms with E-state index in [-0.39, 0.29) is 0 Å². The van der Waals surface area contributed by atoms with Gasteiger partial charge in [0, 0.05) is 13.1 Å². The van der Waals surface area contributed by atoms with Crippen molar-refractivity contribution in [2.24, 2.45) is 5.73 Å². The normalized spacial score (nSPS) is 12.6. The zero-order chi connectivity index (χ0) is 8.69. The maximum atomic E-state index is 10.2. The number of rotatable bonds is 6. The third-order valence-electron chi connectivity index (χ3n) is 1.25. The largest absolute Gasteiger partial charge is 0.392 e. The average molecular weight is 159 g/mol. The molecule has 0 rings (SSSR count). The van der Waals surface area contributed by atoms with Gasteiger partial charge in [-0.1, -0.05) is 0 Å². The molecule has 4 heteroatoms. The van der Waals surface area contributed by atoms with Crippen molar-refractivity contribution in [3.63, 3.8) is 0 Å². The summed E-state index contributed by atoms with van der Waals surface area (Å²) in [6.07, 6.45) is 2.00. The Labute approximate surface area is 67.0 Å². The number of carbonyl (C=O) groups excluding carboxylic acids is 1. The second-order valence-corrected chi connectivity index (χ2v) is 2.53. The van der Waals surface area contributed by atoms with Crippen LogP contribution < -0.4 is 5.73 Å². The van der Waals surface area contributed by atoms with E-state index in [0.29, 0.717) is 19.6 Å². The summed E-state index contributed by atoms with van der Waals surface area (Å²) in [6.45, 7) is 3.10. The van der Waals surface area contributed by atoms with Crippen molar-refractivity contribution in [1.82, 2.24) is 4.90 Å². The van der Waals surface area contributed by atoms with Crippen LogP contribution in [0.5, 0.6) is 0 Å². The molecule has 0 heterocycles. The van der Waals surface area contributed by atoms with E-state index in [0.717, 1.165) is 6.42 Å². The second kappa shape index (κ2) is 6.12. The molecule has 4 nitrogen and oxygen atoms in total. The molecule has 11 heavy (non-hydrogen) atoms. The number of nitrogens with zero attached hydrogens (tertiary/aromatic N) is 1. The van der Waals surface area contributed by atoms with Gasteiger partial charge < -0.3 is 15.7 Å². The van der Waals surface area contributed by atoms with Crippen molar-refractivity contribution < 1.29 is 9.90 Å². The van der Waals surface area contributed by atoms with E-state index >= 15 is 0 Å². The lowest BCUT2D eigenvalue weighted by Crippen LogP contribution is -2.31. The van der Waals surface area contributed by atoms with E-state index in [9.17, 15) is 4.79 Å². The molecule has 1 atom stereocenters. The van der Waals surface area contributed by atoms with Crippen LogP contribution in [0, 0.1) is 0 Å². The quantitative estimate of drug-likeness (QED) is 0.493. The van der Waals surface area contributed by atoms with Gasteiger partial charge in [-0.25, -0.2) is 0 Å². The maximum Gasteiger partial charge on any atom is 0.312 e. The summed E-state index contributed by atoms with van der Waals surface area (Å²) in [7, 11) is 0. The molecule has 3 N–H and O–H groups in total. The van der Waals surface area contributed by atoms with Crippen LogP contribution in [0.15, 0.2) is 0 Å². The van der Waals surface area contributed by atoms with Gasteiger partial charge in [0.1, 0.15) is 0 Å². The molecule has 0 saturated carbocycles. The molecule has 0 aliphatic carbocycles. The molecule has 0 fully saturated rings. The summed E-state index contributed by atoms with van der Waals surface area (Å²) >= 11 is 0. The van der Waals surface area contributed by atoms with Crippen LogP contribution in [0.3, 0.4) is 0 Å². The molecule has 1 amide bonds. The van der Waals surface area contributed by atoms with Crippen LogP contribution in [0.4, 0.5) is 0 Å². The molecule has 0 aliphatic heterocycles. The van der Waals surface area contributed by atoms with Crippen LogP contribution in [0.2, 0.25) is 0 Å². The Morgan fingerprint density at radius 3 is 2.73 bits per heavy atom. The Bertz CT molecular complexity index is 107. The first-order valence-corrected chi connectivity index (χ1v) is 3.71. The first-order chi connectivity index (χ1) is 5.20. The Morgan fingerprint density at radius 2 is 2.36 bits per heavy atom. The summed E-state index contributed by atoms with van der Waals surface area (Å²) in [4.78, 5) is 11.6. The van der Waals surface area contributed by atoms with Crippen molar-refractivity contribution in [3.8, 4) is 0 Å². The summed E-state index contributed by atoms with van der Waals surface area (Å²) in [6, 6.07) is 0. The number of hydrogen-bond acceptors (Lipinski definition) is 3. The Hall–Kier alpha value is -0.610. The van der Waals surface area contributed by atoms with Gasteiger partial charge in [0.15, 0.2) is 0 Å². The lowest BCUT2D eigenvalue weighted by molar-refractivity contribution is 0.157. The van der Waals surface area contributed by atoms with E-state index in [4.69, 9.17) is 10.8 Å². The average Bonchev–Trinajstić information content (AvgIpc) is 1.97. The minimum absolute atomic E-state index is 0.337. The van der Waals surface area contributed by atoms with Crippen molar-refractivity contribution >= 4 is 6.41 Å². The van der Waals surface area contributed by atoms with E-state index in [1.807, 2.05) is 0 Å². The van der Waals surface area contributed by atoms with Gasteiger partial charge in [0.25, 0.3) is 0 Å². The van der Waals surface area contributed by atoms with Crippen LogP contribution in [0.1, 0.15) is 13.3 Å². The van der Waals surface area contributed by atoms with Gasteiger partial charge in [0.05, 0.1) is 6.10 Å². The lowest BCUT2D eigenvalue weighted by Gasteiger charge is -2.16. The minimum atomic E-state index is -0.491. The highest BCUT2D eigenvalue weighted by atomic mass is 16.3. The van der Waals surface area contributed by atoms with E-state index in [2.05, 4.69) is 0 Å². The highest BCUT2D eigenvalue weighted by Crippen LogP contribution is 1.89. The van der Waals surface area contributed by atoms with Gasteiger partial charge in [-0.15, -0.1) is 0 Å². The summed E-state index contributed by atoms with van der Waals surface area (Å²) in [5.74, 6) is 0. The van der Waals surface area contributed by atoms with Crippen molar-refractivity contribution in [2.75, 3.05) is 19.6 Å².